The number of nitrogen functional groups attached to an aromatic ring is 1. The van der Waals surface area contributed by atoms with Gasteiger partial charge in [0, 0.05) is 16.6 Å². The molecule has 0 unspecified atom stereocenters. The van der Waals surface area contributed by atoms with E-state index >= 15 is 0 Å². The molecule has 0 atom stereocenters. The first-order valence-electron chi connectivity index (χ1n) is 5.43. The van der Waals surface area contributed by atoms with E-state index in [0.717, 1.165) is 0 Å². The Morgan fingerprint density at radius 2 is 1.62 bits per heavy atom. The Hall–Kier alpha value is -1.74. The molecule has 0 aliphatic carbocycles. The predicted octanol–water partition coefficient (Wildman–Crippen LogP) is 3.25. The predicted molar refractivity (Wildman–Crippen MR) is 75.7 cm³/mol. The molecule has 0 amide bonds. The van der Waals surface area contributed by atoms with E-state index in [2.05, 4.69) is 15.9 Å². The lowest BCUT2D eigenvalue weighted by atomic mass is 10.3. The van der Waals surface area contributed by atoms with Gasteiger partial charge in [0.1, 0.15) is 17.5 Å². The number of sulfonamides is 1. The second-order valence-electron chi connectivity index (χ2n) is 4.04. The van der Waals surface area contributed by atoms with Gasteiger partial charge in [-0.2, -0.15) is 0 Å². The molecule has 0 aliphatic rings. The minimum Gasteiger partial charge on any atom is -0.397 e. The fraction of sp³-hybridized carbons (Fsp3) is 0. The molecular weight excluding hydrogens is 373 g/mol. The van der Waals surface area contributed by atoms with Gasteiger partial charge >= 0.3 is 0 Å². The van der Waals surface area contributed by atoms with E-state index in [4.69, 9.17) is 5.73 Å². The third kappa shape index (κ3) is 3.30. The van der Waals surface area contributed by atoms with Gasteiger partial charge in [0.2, 0.25) is 0 Å². The molecule has 0 aromatic heterocycles. The SMILES string of the molecule is Nc1cc(Br)ccc1NS(=O)(=O)c1c(F)cc(F)cc1F. The van der Waals surface area contributed by atoms with E-state index < -0.39 is 32.4 Å². The summed E-state index contributed by atoms with van der Waals surface area (Å²) in [6.45, 7) is 0. The summed E-state index contributed by atoms with van der Waals surface area (Å²) < 4.78 is 66.5. The molecule has 0 radical (unpaired) electrons. The van der Waals surface area contributed by atoms with Crippen LogP contribution in [0, 0.1) is 17.5 Å². The van der Waals surface area contributed by atoms with E-state index in [1.807, 2.05) is 4.72 Å². The van der Waals surface area contributed by atoms with Gasteiger partial charge < -0.3 is 5.73 Å². The van der Waals surface area contributed by atoms with Crippen LogP contribution in [0.5, 0.6) is 0 Å². The summed E-state index contributed by atoms with van der Waals surface area (Å²) in [6.07, 6.45) is 0. The molecule has 2 rings (SSSR count). The molecule has 2 aromatic rings. The Kier molecular flexibility index (Phi) is 4.15. The monoisotopic (exact) mass is 380 g/mol. The maximum Gasteiger partial charge on any atom is 0.267 e. The topological polar surface area (TPSA) is 72.2 Å². The van der Waals surface area contributed by atoms with Crippen LogP contribution in [0.1, 0.15) is 0 Å². The summed E-state index contributed by atoms with van der Waals surface area (Å²) in [4.78, 5) is -1.27. The van der Waals surface area contributed by atoms with Crippen molar-refractivity contribution in [3.63, 3.8) is 0 Å². The fourth-order valence-electron chi connectivity index (χ4n) is 1.61. The zero-order valence-electron chi connectivity index (χ0n) is 10.2. The zero-order valence-corrected chi connectivity index (χ0v) is 12.6. The Balaban J connectivity index is 2.48. The number of hydrogen-bond acceptors (Lipinski definition) is 3. The first-order valence-corrected chi connectivity index (χ1v) is 7.71. The van der Waals surface area contributed by atoms with Crippen LogP contribution < -0.4 is 10.5 Å². The summed E-state index contributed by atoms with van der Waals surface area (Å²) in [7, 11) is -4.59. The molecule has 3 N–H and O–H groups in total. The van der Waals surface area contributed by atoms with Gasteiger partial charge in [-0.1, -0.05) is 15.9 Å². The fourth-order valence-corrected chi connectivity index (χ4v) is 3.20. The lowest BCUT2D eigenvalue weighted by Gasteiger charge is -2.12. The molecule has 4 nitrogen and oxygen atoms in total. The zero-order chi connectivity index (χ0) is 15.8. The van der Waals surface area contributed by atoms with Crippen LogP contribution in [0.2, 0.25) is 0 Å². The summed E-state index contributed by atoms with van der Waals surface area (Å²) in [5.74, 6) is -4.28. The lowest BCUT2D eigenvalue weighted by Crippen LogP contribution is -2.17. The molecule has 9 heteroatoms. The number of hydrogen-bond donors (Lipinski definition) is 2. The van der Waals surface area contributed by atoms with Gasteiger partial charge in [-0.15, -0.1) is 0 Å². The van der Waals surface area contributed by atoms with Crippen molar-refractivity contribution in [1.29, 1.82) is 0 Å². The van der Waals surface area contributed by atoms with Gasteiger partial charge in [-0.05, 0) is 18.2 Å². The highest BCUT2D eigenvalue weighted by atomic mass is 79.9. The smallest absolute Gasteiger partial charge is 0.267 e. The third-order valence-corrected chi connectivity index (χ3v) is 4.40. The van der Waals surface area contributed by atoms with E-state index in [-0.39, 0.29) is 23.5 Å². The number of halogens is 4. The normalized spacial score (nSPS) is 11.4. The van der Waals surface area contributed by atoms with E-state index in [1.165, 1.54) is 18.2 Å². The van der Waals surface area contributed by atoms with Crippen molar-refractivity contribution in [2.24, 2.45) is 0 Å². The van der Waals surface area contributed by atoms with Crippen molar-refractivity contribution >= 4 is 37.3 Å². The van der Waals surface area contributed by atoms with Crippen molar-refractivity contribution in [3.8, 4) is 0 Å². The minimum absolute atomic E-state index is 0.0517. The summed E-state index contributed by atoms with van der Waals surface area (Å²) in [6, 6.07) is 4.78. The molecule has 0 saturated heterocycles. The number of benzene rings is 2. The Morgan fingerprint density at radius 1 is 1.05 bits per heavy atom. The largest absolute Gasteiger partial charge is 0.397 e. The second-order valence-corrected chi connectivity index (χ2v) is 6.57. The van der Waals surface area contributed by atoms with Crippen molar-refractivity contribution in [3.05, 3.63) is 52.3 Å². The van der Waals surface area contributed by atoms with Crippen molar-refractivity contribution in [1.82, 2.24) is 0 Å². The van der Waals surface area contributed by atoms with Crippen molar-refractivity contribution in [2.45, 2.75) is 4.90 Å². The third-order valence-electron chi connectivity index (χ3n) is 2.49. The molecule has 0 aliphatic heterocycles. The second kappa shape index (κ2) is 5.57. The Morgan fingerprint density at radius 3 is 2.14 bits per heavy atom. The van der Waals surface area contributed by atoms with Crippen LogP contribution in [0.4, 0.5) is 24.5 Å². The van der Waals surface area contributed by atoms with Crippen LogP contribution in [0.15, 0.2) is 39.7 Å². The maximum atomic E-state index is 13.5. The highest BCUT2D eigenvalue weighted by Gasteiger charge is 2.25. The van der Waals surface area contributed by atoms with Crippen molar-refractivity contribution < 1.29 is 21.6 Å². The van der Waals surface area contributed by atoms with Crippen LogP contribution >= 0.6 is 15.9 Å². The minimum atomic E-state index is -4.59. The van der Waals surface area contributed by atoms with Crippen LogP contribution in [0.25, 0.3) is 0 Å². The Labute approximate surface area is 127 Å². The lowest BCUT2D eigenvalue weighted by molar-refractivity contribution is 0.498. The molecule has 21 heavy (non-hydrogen) atoms. The highest BCUT2D eigenvalue weighted by molar-refractivity contribution is 9.10. The van der Waals surface area contributed by atoms with Crippen LogP contribution in [-0.2, 0) is 10.0 Å². The molecule has 0 spiro atoms. The Bertz CT molecular complexity index is 789. The molecular formula is C12H8BrF3N2O2S. The maximum absolute atomic E-state index is 13.5. The van der Waals surface area contributed by atoms with Crippen molar-refractivity contribution in [2.75, 3.05) is 10.5 Å². The summed E-state index contributed by atoms with van der Waals surface area (Å²) in [5.41, 5.74) is 5.60. The average Bonchev–Trinajstić information content (AvgIpc) is 2.30. The van der Waals surface area contributed by atoms with Gasteiger partial charge in [-0.25, -0.2) is 21.6 Å². The van der Waals surface area contributed by atoms with Gasteiger partial charge in [0.15, 0.2) is 4.90 Å². The quantitative estimate of drug-likeness (QED) is 0.802. The van der Waals surface area contributed by atoms with Gasteiger partial charge in [-0.3, -0.25) is 4.72 Å². The average molecular weight is 381 g/mol. The molecule has 112 valence electrons. The van der Waals surface area contributed by atoms with Gasteiger partial charge in [0.25, 0.3) is 10.0 Å². The first-order chi connectivity index (χ1) is 9.70. The van der Waals surface area contributed by atoms with Gasteiger partial charge in [0.05, 0.1) is 11.4 Å². The molecule has 0 saturated carbocycles. The van der Waals surface area contributed by atoms with Crippen LogP contribution in [0.3, 0.4) is 0 Å². The molecule has 0 heterocycles. The number of anilines is 2. The molecule has 2 aromatic carbocycles. The summed E-state index contributed by atoms with van der Waals surface area (Å²) >= 11 is 3.13. The number of rotatable bonds is 3. The first kappa shape index (κ1) is 15.6. The molecule has 0 fully saturated rings. The summed E-state index contributed by atoms with van der Waals surface area (Å²) in [5, 5.41) is 0. The number of nitrogens with one attached hydrogen (secondary N) is 1. The van der Waals surface area contributed by atoms with E-state index in [9.17, 15) is 21.6 Å². The van der Waals surface area contributed by atoms with E-state index in [1.54, 1.807) is 0 Å². The highest BCUT2D eigenvalue weighted by Crippen LogP contribution is 2.27. The molecule has 0 bridgehead atoms. The standard InChI is InChI=1S/C12H8BrF3N2O2S/c13-6-1-2-11(10(17)3-6)18-21(19,20)12-8(15)4-7(14)5-9(12)16/h1-5,18H,17H2. The van der Waals surface area contributed by atoms with E-state index in [0.29, 0.717) is 4.47 Å². The number of nitrogens with two attached hydrogens (primary N) is 1. The van der Waals surface area contributed by atoms with Crippen LogP contribution in [-0.4, -0.2) is 8.42 Å².